The van der Waals surface area contributed by atoms with Crippen LogP contribution in [0.5, 0.6) is 0 Å². The molecule has 2 atom stereocenters. The van der Waals surface area contributed by atoms with E-state index >= 15 is 0 Å². The molecule has 2 N–H and O–H groups in total. The van der Waals surface area contributed by atoms with E-state index in [1.165, 1.54) is 0 Å². The first-order valence-corrected chi connectivity index (χ1v) is 5.23. The first kappa shape index (κ1) is 10.6. The van der Waals surface area contributed by atoms with Gasteiger partial charge in [0.15, 0.2) is 5.82 Å². The standard InChI is InChI=1S/C10H17N3O2/c1-6-4-5-14-7(6)8-12-9(13-15-8)10(2,3)11/h6-7H,4-5,11H2,1-3H3. The monoisotopic (exact) mass is 211 g/mol. The minimum absolute atomic E-state index is 0.0615. The molecule has 1 aliphatic rings. The Morgan fingerprint density at radius 2 is 2.20 bits per heavy atom. The number of hydrogen-bond donors (Lipinski definition) is 1. The average molecular weight is 211 g/mol. The maximum absolute atomic E-state index is 5.88. The predicted molar refractivity (Wildman–Crippen MR) is 54.0 cm³/mol. The van der Waals surface area contributed by atoms with E-state index in [0.717, 1.165) is 13.0 Å². The van der Waals surface area contributed by atoms with Crippen LogP contribution >= 0.6 is 0 Å². The minimum atomic E-state index is -0.566. The Morgan fingerprint density at radius 3 is 2.67 bits per heavy atom. The summed E-state index contributed by atoms with van der Waals surface area (Å²) in [6, 6.07) is 0. The first-order chi connectivity index (χ1) is 6.98. The van der Waals surface area contributed by atoms with Crippen LogP contribution in [-0.2, 0) is 10.3 Å². The summed E-state index contributed by atoms with van der Waals surface area (Å²) < 4.78 is 10.7. The van der Waals surface area contributed by atoms with E-state index in [0.29, 0.717) is 17.6 Å². The summed E-state index contributed by atoms with van der Waals surface area (Å²) in [5.41, 5.74) is 5.31. The molecule has 1 aromatic heterocycles. The topological polar surface area (TPSA) is 74.2 Å². The largest absolute Gasteiger partial charge is 0.368 e. The van der Waals surface area contributed by atoms with Crippen LogP contribution in [0.2, 0.25) is 0 Å². The fourth-order valence-electron chi connectivity index (χ4n) is 1.62. The molecule has 2 heterocycles. The quantitative estimate of drug-likeness (QED) is 0.799. The van der Waals surface area contributed by atoms with Crippen LogP contribution in [0.25, 0.3) is 0 Å². The molecule has 1 saturated heterocycles. The molecule has 5 heteroatoms. The van der Waals surface area contributed by atoms with Gasteiger partial charge in [0, 0.05) is 6.61 Å². The van der Waals surface area contributed by atoms with Crippen LogP contribution in [0, 0.1) is 5.92 Å². The van der Waals surface area contributed by atoms with Gasteiger partial charge in [0.25, 0.3) is 5.89 Å². The maximum atomic E-state index is 5.88. The van der Waals surface area contributed by atoms with Crippen molar-refractivity contribution in [1.29, 1.82) is 0 Å². The number of rotatable bonds is 2. The second-order valence-electron chi connectivity index (χ2n) is 4.74. The van der Waals surface area contributed by atoms with Crippen LogP contribution in [0.4, 0.5) is 0 Å². The Labute approximate surface area is 89.0 Å². The molecule has 5 nitrogen and oxygen atoms in total. The molecule has 1 aromatic rings. The zero-order valence-corrected chi connectivity index (χ0v) is 9.36. The van der Waals surface area contributed by atoms with Gasteiger partial charge in [0.1, 0.15) is 6.10 Å². The van der Waals surface area contributed by atoms with E-state index in [1.54, 1.807) is 0 Å². The number of nitrogens with zero attached hydrogens (tertiary/aromatic N) is 2. The molecular formula is C10H17N3O2. The van der Waals surface area contributed by atoms with E-state index in [1.807, 2.05) is 13.8 Å². The molecule has 0 spiro atoms. The van der Waals surface area contributed by atoms with Gasteiger partial charge >= 0.3 is 0 Å². The van der Waals surface area contributed by atoms with Crippen molar-refractivity contribution in [3.8, 4) is 0 Å². The van der Waals surface area contributed by atoms with Crippen LogP contribution in [0.3, 0.4) is 0 Å². The lowest BCUT2D eigenvalue weighted by Crippen LogP contribution is -2.30. The van der Waals surface area contributed by atoms with Crippen molar-refractivity contribution >= 4 is 0 Å². The highest BCUT2D eigenvalue weighted by Crippen LogP contribution is 2.33. The molecule has 0 saturated carbocycles. The van der Waals surface area contributed by atoms with Crippen LogP contribution in [0.15, 0.2) is 4.52 Å². The highest BCUT2D eigenvalue weighted by atomic mass is 16.5. The summed E-state index contributed by atoms with van der Waals surface area (Å²) in [6.45, 7) is 6.58. The summed E-state index contributed by atoms with van der Waals surface area (Å²) in [6.07, 6.45) is 0.975. The average Bonchev–Trinajstić information content (AvgIpc) is 2.69. The van der Waals surface area contributed by atoms with Crippen molar-refractivity contribution in [3.05, 3.63) is 11.7 Å². The second-order valence-corrected chi connectivity index (χ2v) is 4.74. The molecule has 0 aliphatic carbocycles. The number of hydrogen-bond acceptors (Lipinski definition) is 5. The molecule has 2 rings (SSSR count). The van der Waals surface area contributed by atoms with Gasteiger partial charge in [-0.25, -0.2) is 0 Å². The Balaban J connectivity index is 2.20. The van der Waals surface area contributed by atoms with Crippen molar-refractivity contribution < 1.29 is 9.26 Å². The van der Waals surface area contributed by atoms with Gasteiger partial charge in [-0.2, -0.15) is 4.98 Å². The number of aromatic nitrogens is 2. The fourth-order valence-corrected chi connectivity index (χ4v) is 1.62. The van der Waals surface area contributed by atoms with Gasteiger partial charge in [-0.15, -0.1) is 0 Å². The van der Waals surface area contributed by atoms with Crippen molar-refractivity contribution in [1.82, 2.24) is 10.1 Å². The Bertz CT molecular complexity index is 343. The van der Waals surface area contributed by atoms with Gasteiger partial charge in [-0.05, 0) is 26.2 Å². The van der Waals surface area contributed by atoms with Crippen LogP contribution < -0.4 is 5.73 Å². The lowest BCUT2D eigenvalue weighted by molar-refractivity contribution is 0.0661. The predicted octanol–water partition coefficient (Wildman–Crippen LogP) is 1.36. The minimum Gasteiger partial charge on any atom is -0.368 e. The van der Waals surface area contributed by atoms with E-state index < -0.39 is 5.54 Å². The second kappa shape index (κ2) is 3.57. The van der Waals surface area contributed by atoms with Crippen molar-refractivity contribution in [2.75, 3.05) is 6.61 Å². The van der Waals surface area contributed by atoms with E-state index in [4.69, 9.17) is 15.0 Å². The molecular weight excluding hydrogens is 194 g/mol. The van der Waals surface area contributed by atoms with Gasteiger partial charge in [-0.1, -0.05) is 12.1 Å². The smallest absolute Gasteiger partial charge is 0.256 e. The Hall–Kier alpha value is -0.940. The third-order valence-corrected chi connectivity index (χ3v) is 2.65. The zero-order valence-electron chi connectivity index (χ0n) is 9.36. The van der Waals surface area contributed by atoms with Crippen molar-refractivity contribution in [2.45, 2.75) is 38.8 Å². The van der Waals surface area contributed by atoms with Gasteiger partial charge < -0.3 is 15.0 Å². The zero-order chi connectivity index (χ0) is 11.1. The van der Waals surface area contributed by atoms with Gasteiger partial charge in [0.05, 0.1) is 5.54 Å². The van der Waals surface area contributed by atoms with Crippen molar-refractivity contribution in [3.63, 3.8) is 0 Å². The number of nitrogens with two attached hydrogens (primary N) is 1. The summed E-state index contributed by atoms with van der Waals surface area (Å²) in [5, 5.41) is 3.88. The van der Waals surface area contributed by atoms with Gasteiger partial charge in [0.2, 0.25) is 0 Å². The molecule has 2 unspecified atom stereocenters. The molecule has 0 bridgehead atoms. The summed E-state index contributed by atoms with van der Waals surface area (Å²) in [5.74, 6) is 1.51. The summed E-state index contributed by atoms with van der Waals surface area (Å²) in [4.78, 5) is 4.29. The Kier molecular flexibility index (Phi) is 2.52. The molecule has 15 heavy (non-hydrogen) atoms. The van der Waals surface area contributed by atoms with Crippen molar-refractivity contribution in [2.24, 2.45) is 11.7 Å². The number of ether oxygens (including phenoxy) is 1. The fraction of sp³-hybridized carbons (Fsp3) is 0.800. The molecule has 0 aromatic carbocycles. The van der Waals surface area contributed by atoms with E-state index in [9.17, 15) is 0 Å². The highest BCUT2D eigenvalue weighted by Gasteiger charge is 2.32. The first-order valence-electron chi connectivity index (χ1n) is 5.23. The molecule has 84 valence electrons. The SMILES string of the molecule is CC1CCOC1c1nc(C(C)(C)N)no1. The Morgan fingerprint density at radius 1 is 1.47 bits per heavy atom. The summed E-state index contributed by atoms with van der Waals surface area (Å²) >= 11 is 0. The third kappa shape index (κ3) is 2.03. The summed E-state index contributed by atoms with van der Waals surface area (Å²) in [7, 11) is 0. The lowest BCUT2D eigenvalue weighted by atomic mass is 10.0. The lowest BCUT2D eigenvalue weighted by Gasteiger charge is -2.12. The van der Waals surface area contributed by atoms with Crippen LogP contribution in [0.1, 0.15) is 45.0 Å². The molecule has 0 amide bonds. The van der Waals surface area contributed by atoms with E-state index in [-0.39, 0.29) is 6.10 Å². The molecule has 0 radical (unpaired) electrons. The van der Waals surface area contributed by atoms with Crippen LogP contribution in [-0.4, -0.2) is 16.7 Å². The molecule has 1 fully saturated rings. The molecule has 1 aliphatic heterocycles. The van der Waals surface area contributed by atoms with Gasteiger partial charge in [-0.3, -0.25) is 0 Å². The van der Waals surface area contributed by atoms with E-state index in [2.05, 4.69) is 17.1 Å². The normalized spacial score (nSPS) is 27.2. The third-order valence-electron chi connectivity index (χ3n) is 2.65. The highest BCUT2D eigenvalue weighted by molar-refractivity contribution is 5.01. The maximum Gasteiger partial charge on any atom is 0.256 e.